The van der Waals surface area contributed by atoms with Crippen molar-refractivity contribution in [3.05, 3.63) is 82.8 Å². The van der Waals surface area contributed by atoms with Crippen LogP contribution in [0.25, 0.3) is 0 Å². The van der Waals surface area contributed by atoms with E-state index in [1.54, 1.807) is 24.3 Å². The van der Waals surface area contributed by atoms with Crippen molar-refractivity contribution in [1.29, 1.82) is 0 Å². The van der Waals surface area contributed by atoms with Gasteiger partial charge >= 0.3 is 6.03 Å². The number of amides is 2. The van der Waals surface area contributed by atoms with Crippen LogP contribution in [0, 0.1) is 0 Å². The molecule has 144 valence electrons. The first kappa shape index (κ1) is 20.0. The van der Waals surface area contributed by atoms with E-state index in [-0.39, 0.29) is 9.92 Å². The zero-order chi connectivity index (χ0) is 20.1. The largest absolute Gasteiger partial charge is 0.323 e. The van der Waals surface area contributed by atoms with Crippen LogP contribution in [0.4, 0.5) is 21.9 Å². The molecule has 9 heteroatoms. The number of hydrogen-bond donors (Lipinski definition) is 3. The Morgan fingerprint density at radius 1 is 0.714 bits per heavy atom. The number of benzene rings is 3. The summed E-state index contributed by atoms with van der Waals surface area (Å²) in [6, 6.07) is 18.7. The molecule has 2 amide bonds. The molecule has 0 radical (unpaired) electrons. The van der Waals surface area contributed by atoms with Gasteiger partial charge in [0.05, 0.1) is 20.6 Å². The van der Waals surface area contributed by atoms with Crippen LogP contribution in [0.5, 0.6) is 0 Å². The number of carbonyl (C=O) groups is 1. The SMILES string of the molecule is O=C(Nc1ccccc1)Nc1ccc(S(=O)(=O)Nc2ccc(Cl)c(Cl)c2)cc1. The molecule has 3 aromatic carbocycles. The van der Waals surface area contributed by atoms with Gasteiger partial charge in [-0.15, -0.1) is 0 Å². The van der Waals surface area contributed by atoms with Gasteiger partial charge in [-0.3, -0.25) is 4.72 Å². The fraction of sp³-hybridized carbons (Fsp3) is 0. The maximum Gasteiger partial charge on any atom is 0.323 e. The van der Waals surface area contributed by atoms with Crippen molar-refractivity contribution >= 4 is 56.3 Å². The summed E-state index contributed by atoms with van der Waals surface area (Å²) >= 11 is 11.7. The highest BCUT2D eigenvalue weighted by molar-refractivity contribution is 7.92. The van der Waals surface area contributed by atoms with Crippen LogP contribution in [0.1, 0.15) is 0 Å². The monoisotopic (exact) mass is 435 g/mol. The molecule has 0 aliphatic rings. The van der Waals surface area contributed by atoms with Gasteiger partial charge in [-0.05, 0) is 54.6 Å². The number of para-hydroxylation sites is 1. The maximum atomic E-state index is 12.5. The summed E-state index contributed by atoms with van der Waals surface area (Å²) in [5.74, 6) is 0. The lowest BCUT2D eigenvalue weighted by molar-refractivity contribution is 0.262. The Kier molecular flexibility index (Phi) is 6.08. The van der Waals surface area contributed by atoms with Gasteiger partial charge in [-0.1, -0.05) is 41.4 Å². The van der Waals surface area contributed by atoms with E-state index in [9.17, 15) is 13.2 Å². The third-order valence-electron chi connectivity index (χ3n) is 3.63. The van der Waals surface area contributed by atoms with Gasteiger partial charge in [-0.2, -0.15) is 0 Å². The lowest BCUT2D eigenvalue weighted by Crippen LogP contribution is -2.19. The maximum absolute atomic E-state index is 12.5. The number of rotatable bonds is 5. The quantitative estimate of drug-likeness (QED) is 0.498. The van der Waals surface area contributed by atoms with E-state index in [0.717, 1.165) is 0 Å². The predicted molar refractivity (Wildman–Crippen MR) is 113 cm³/mol. The number of nitrogens with one attached hydrogen (secondary N) is 3. The zero-order valence-corrected chi connectivity index (χ0v) is 16.6. The van der Waals surface area contributed by atoms with Crippen LogP contribution in [-0.4, -0.2) is 14.4 Å². The molecular formula is C19H15Cl2N3O3S. The molecule has 0 saturated carbocycles. The van der Waals surface area contributed by atoms with Gasteiger partial charge in [0.1, 0.15) is 0 Å². The molecule has 3 aromatic rings. The van der Waals surface area contributed by atoms with E-state index >= 15 is 0 Å². The van der Waals surface area contributed by atoms with Crippen molar-refractivity contribution in [2.45, 2.75) is 4.90 Å². The molecule has 6 nitrogen and oxygen atoms in total. The lowest BCUT2D eigenvalue weighted by atomic mass is 10.3. The van der Waals surface area contributed by atoms with Gasteiger partial charge < -0.3 is 10.6 Å². The van der Waals surface area contributed by atoms with Gasteiger partial charge in [0, 0.05) is 11.4 Å². The van der Waals surface area contributed by atoms with Gasteiger partial charge in [0.15, 0.2) is 0 Å². The van der Waals surface area contributed by atoms with Crippen LogP contribution in [0.2, 0.25) is 10.0 Å². The van der Waals surface area contributed by atoms with Crippen molar-refractivity contribution in [2.24, 2.45) is 0 Å². The van der Waals surface area contributed by atoms with Crippen LogP contribution in [0.15, 0.2) is 77.7 Å². The van der Waals surface area contributed by atoms with Crippen molar-refractivity contribution < 1.29 is 13.2 Å². The van der Waals surface area contributed by atoms with E-state index in [1.807, 2.05) is 6.07 Å². The minimum atomic E-state index is -3.82. The molecular weight excluding hydrogens is 421 g/mol. The number of halogens is 2. The van der Waals surface area contributed by atoms with Gasteiger partial charge in [0.2, 0.25) is 0 Å². The molecule has 3 N–H and O–H groups in total. The van der Waals surface area contributed by atoms with Crippen LogP contribution in [0.3, 0.4) is 0 Å². The van der Waals surface area contributed by atoms with E-state index in [0.29, 0.717) is 22.1 Å². The Labute approximate surface area is 172 Å². The van der Waals surface area contributed by atoms with Crippen LogP contribution in [-0.2, 0) is 10.0 Å². The molecule has 0 saturated heterocycles. The van der Waals surface area contributed by atoms with Crippen molar-refractivity contribution in [3.8, 4) is 0 Å². The Balaban J connectivity index is 1.67. The molecule has 28 heavy (non-hydrogen) atoms. The summed E-state index contributed by atoms with van der Waals surface area (Å²) in [4.78, 5) is 12.0. The number of sulfonamides is 1. The summed E-state index contributed by atoms with van der Waals surface area (Å²) < 4.78 is 27.4. The third-order valence-corrected chi connectivity index (χ3v) is 5.76. The molecule has 0 atom stereocenters. The van der Waals surface area contributed by atoms with E-state index < -0.39 is 16.1 Å². The van der Waals surface area contributed by atoms with Crippen molar-refractivity contribution in [1.82, 2.24) is 0 Å². The summed E-state index contributed by atoms with van der Waals surface area (Å²) in [7, 11) is -3.82. The van der Waals surface area contributed by atoms with Crippen molar-refractivity contribution in [2.75, 3.05) is 15.4 Å². The van der Waals surface area contributed by atoms with Gasteiger partial charge in [0.25, 0.3) is 10.0 Å². The molecule has 3 rings (SSSR count). The second-order valence-electron chi connectivity index (χ2n) is 5.70. The fourth-order valence-electron chi connectivity index (χ4n) is 2.31. The molecule has 0 aliphatic carbocycles. The average Bonchev–Trinajstić information content (AvgIpc) is 2.66. The second-order valence-corrected chi connectivity index (χ2v) is 8.20. The van der Waals surface area contributed by atoms with E-state index in [4.69, 9.17) is 23.2 Å². The normalized spacial score (nSPS) is 10.9. The Morgan fingerprint density at radius 3 is 1.89 bits per heavy atom. The minimum Gasteiger partial charge on any atom is -0.308 e. The Hall–Kier alpha value is -2.74. The smallest absolute Gasteiger partial charge is 0.308 e. The highest BCUT2D eigenvalue weighted by Crippen LogP contribution is 2.26. The number of carbonyl (C=O) groups excluding carboxylic acids is 1. The summed E-state index contributed by atoms with van der Waals surface area (Å²) in [6.07, 6.45) is 0. The molecule has 0 spiro atoms. The Bertz CT molecular complexity index is 1090. The number of urea groups is 1. The van der Waals surface area contributed by atoms with Crippen LogP contribution < -0.4 is 15.4 Å². The predicted octanol–water partition coefficient (Wildman–Crippen LogP) is 5.44. The summed E-state index contributed by atoms with van der Waals surface area (Å²) in [6.45, 7) is 0. The molecule has 0 unspecified atom stereocenters. The molecule has 0 aromatic heterocycles. The topological polar surface area (TPSA) is 87.3 Å². The first-order valence-corrected chi connectivity index (χ1v) is 10.3. The highest BCUT2D eigenvalue weighted by Gasteiger charge is 2.15. The molecule has 0 aliphatic heterocycles. The average molecular weight is 436 g/mol. The third kappa shape index (κ3) is 5.16. The number of hydrogen-bond acceptors (Lipinski definition) is 3. The first-order valence-electron chi connectivity index (χ1n) is 8.04. The molecule has 0 heterocycles. The first-order chi connectivity index (χ1) is 13.3. The minimum absolute atomic E-state index is 0.0348. The zero-order valence-electron chi connectivity index (χ0n) is 14.3. The number of anilines is 3. The second kappa shape index (κ2) is 8.52. The molecule has 0 fully saturated rings. The standard InChI is InChI=1S/C19H15Cl2N3O3S/c20-17-11-8-15(12-18(17)21)24-28(26,27)16-9-6-14(7-10-16)23-19(25)22-13-4-2-1-3-5-13/h1-12,24H,(H2,22,23,25). The van der Waals surface area contributed by atoms with Crippen LogP contribution >= 0.6 is 23.2 Å². The van der Waals surface area contributed by atoms with Gasteiger partial charge in [-0.25, -0.2) is 13.2 Å². The summed E-state index contributed by atoms with van der Waals surface area (Å²) in [5, 5.41) is 5.88. The van der Waals surface area contributed by atoms with E-state index in [2.05, 4.69) is 15.4 Å². The Morgan fingerprint density at radius 2 is 1.29 bits per heavy atom. The summed E-state index contributed by atoms with van der Waals surface area (Å²) in [5.41, 5.74) is 1.38. The van der Waals surface area contributed by atoms with E-state index in [1.165, 1.54) is 42.5 Å². The van der Waals surface area contributed by atoms with Crippen molar-refractivity contribution in [3.63, 3.8) is 0 Å². The fourth-order valence-corrected chi connectivity index (χ4v) is 3.65. The highest BCUT2D eigenvalue weighted by atomic mass is 35.5. The lowest BCUT2D eigenvalue weighted by Gasteiger charge is -2.10. The molecule has 0 bridgehead atoms.